The predicted octanol–water partition coefficient (Wildman–Crippen LogP) is 1.76. The van der Waals surface area contributed by atoms with E-state index in [1.54, 1.807) is 0 Å². The maximum atomic E-state index is 13.6. The topological polar surface area (TPSA) is 83.0 Å². The molecule has 1 heterocycles. The summed E-state index contributed by atoms with van der Waals surface area (Å²) in [7, 11) is 0. The van der Waals surface area contributed by atoms with Crippen LogP contribution >= 0.6 is 11.8 Å². The number of aromatic nitrogens is 2. The first kappa shape index (κ1) is 12.3. The third-order valence-electron chi connectivity index (χ3n) is 2.03. The lowest BCUT2D eigenvalue weighted by Crippen LogP contribution is -2.05. The molecule has 0 aliphatic carbocycles. The number of hydrogen-bond donors (Lipinski definition) is 2. The molecule has 0 saturated carbocycles. The van der Waals surface area contributed by atoms with E-state index in [1.807, 2.05) is 0 Å². The van der Waals surface area contributed by atoms with E-state index in [4.69, 9.17) is 5.11 Å². The summed E-state index contributed by atoms with van der Waals surface area (Å²) < 4.78 is 13.6. The zero-order valence-electron chi connectivity index (χ0n) is 8.88. The number of carboxylic acid groups (broad SMARTS) is 1. The van der Waals surface area contributed by atoms with Crippen LogP contribution in [-0.4, -0.2) is 21.0 Å². The van der Waals surface area contributed by atoms with E-state index >= 15 is 0 Å². The first-order valence-electron chi connectivity index (χ1n) is 4.82. The Labute approximate surface area is 105 Å². The number of hydrogen-bond acceptors (Lipinski definition) is 4. The second kappa shape index (κ2) is 5.01. The van der Waals surface area contributed by atoms with Gasteiger partial charge in [0.1, 0.15) is 5.82 Å². The number of benzene rings is 1. The van der Waals surface area contributed by atoms with Crippen molar-refractivity contribution in [2.24, 2.45) is 0 Å². The molecule has 18 heavy (non-hydrogen) atoms. The van der Waals surface area contributed by atoms with Crippen molar-refractivity contribution in [3.05, 3.63) is 52.2 Å². The smallest absolute Gasteiger partial charge is 0.335 e. The van der Waals surface area contributed by atoms with Crippen LogP contribution in [0.3, 0.4) is 0 Å². The number of aromatic amines is 1. The van der Waals surface area contributed by atoms with Gasteiger partial charge in [-0.1, -0.05) is 0 Å². The maximum Gasteiger partial charge on any atom is 0.335 e. The van der Waals surface area contributed by atoms with Crippen molar-refractivity contribution < 1.29 is 14.3 Å². The lowest BCUT2D eigenvalue weighted by atomic mass is 10.2. The van der Waals surface area contributed by atoms with Gasteiger partial charge in [-0.15, -0.1) is 0 Å². The van der Waals surface area contributed by atoms with Crippen molar-refractivity contribution in [3.63, 3.8) is 0 Å². The van der Waals surface area contributed by atoms with Crippen LogP contribution in [0.15, 0.2) is 45.3 Å². The van der Waals surface area contributed by atoms with Crippen molar-refractivity contribution in [1.82, 2.24) is 9.97 Å². The lowest BCUT2D eigenvalue weighted by molar-refractivity contribution is 0.0696. The Bertz CT molecular complexity index is 657. The number of nitrogens with one attached hydrogen (secondary N) is 1. The second-order valence-corrected chi connectivity index (χ2v) is 4.32. The number of rotatable bonds is 3. The van der Waals surface area contributed by atoms with Crippen LogP contribution in [0.25, 0.3) is 0 Å². The number of nitrogens with zero attached hydrogens (tertiary/aromatic N) is 1. The quantitative estimate of drug-likeness (QED) is 0.827. The predicted molar refractivity (Wildman–Crippen MR) is 62.3 cm³/mol. The molecule has 7 heteroatoms. The van der Waals surface area contributed by atoms with E-state index in [1.165, 1.54) is 24.4 Å². The molecule has 0 unspecified atom stereocenters. The van der Waals surface area contributed by atoms with E-state index < -0.39 is 11.8 Å². The molecular formula is C11H7FN2O3S. The number of H-pyrrole nitrogens is 1. The number of aromatic carboxylic acids is 1. The summed E-state index contributed by atoms with van der Waals surface area (Å²) in [6, 6.07) is 4.78. The van der Waals surface area contributed by atoms with Gasteiger partial charge in [-0.2, -0.15) is 0 Å². The van der Waals surface area contributed by atoms with Crippen LogP contribution in [0.5, 0.6) is 0 Å². The molecular weight excluding hydrogens is 259 g/mol. The number of halogens is 1. The van der Waals surface area contributed by atoms with Gasteiger partial charge in [0.15, 0.2) is 5.16 Å². The Morgan fingerprint density at radius 2 is 2.17 bits per heavy atom. The summed E-state index contributed by atoms with van der Waals surface area (Å²) in [5.41, 5.74) is -0.471. The van der Waals surface area contributed by atoms with Gasteiger partial charge in [0.05, 0.1) is 10.5 Å². The molecule has 5 nitrogen and oxygen atoms in total. The van der Waals surface area contributed by atoms with Crippen molar-refractivity contribution in [2.75, 3.05) is 0 Å². The van der Waals surface area contributed by atoms with E-state index in [0.717, 1.165) is 17.8 Å². The molecule has 0 aliphatic rings. The van der Waals surface area contributed by atoms with Gasteiger partial charge in [-0.05, 0) is 30.0 Å². The lowest BCUT2D eigenvalue weighted by Gasteiger charge is -2.02. The highest BCUT2D eigenvalue weighted by Crippen LogP contribution is 2.26. The van der Waals surface area contributed by atoms with Gasteiger partial charge in [-0.3, -0.25) is 4.79 Å². The minimum atomic E-state index is -1.20. The molecule has 0 amide bonds. The van der Waals surface area contributed by atoms with Crippen LogP contribution in [0.1, 0.15) is 10.4 Å². The van der Waals surface area contributed by atoms with Gasteiger partial charge in [0, 0.05) is 12.3 Å². The van der Waals surface area contributed by atoms with E-state index in [2.05, 4.69) is 9.97 Å². The molecule has 0 aliphatic heterocycles. The Hall–Kier alpha value is -2.15. The van der Waals surface area contributed by atoms with Gasteiger partial charge < -0.3 is 10.1 Å². The van der Waals surface area contributed by atoms with Gasteiger partial charge in [-0.25, -0.2) is 14.2 Å². The van der Waals surface area contributed by atoms with Gasteiger partial charge in [0.2, 0.25) is 0 Å². The number of carbonyl (C=O) groups is 1. The first-order valence-corrected chi connectivity index (χ1v) is 5.64. The molecule has 2 aromatic rings. The van der Waals surface area contributed by atoms with Crippen molar-refractivity contribution in [2.45, 2.75) is 10.1 Å². The molecule has 0 bridgehead atoms. The molecule has 1 aromatic heterocycles. The van der Waals surface area contributed by atoms with Crippen LogP contribution in [0, 0.1) is 5.82 Å². The normalized spacial score (nSPS) is 10.3. The Morgan fingerprint density at radius 3 is 2.78 bits per heavy atom. The van der Waals surface area contributed by atoms with E-state index in [0.29, 0.717) is 0 Å². The fourth-order valence-electron chi connectivity index (χ4n) is 1.22. The zero-order chi connectivity index (χ0) is 13.1. The monoisotopic (exact) mass is 266 g/mol. The summed E-state index contributed by atoms with van der Waals surface area (Å²) in [5.74, 6) is -1.87. The second-order valence-electron chi connectivity index (χ2n) is 3.29. The van der Waals surface area contributed by atoms with Crippen molar-refractivity contribution in [3.8, 4) is 0 Å². The highest BCUT2D eigenvalue weighted by molar-refractivity contribution is 7.99. The minimum absolute atomic E-state index is 0.133. The maximum absolute atomic E-state index is 13.6. The summed E-state index contributed by atoms with van der Waals surface area (Å²) in [6.07, 6.45) is 1.31. The van der Waals surface area contributed by atoms with Crippen LogP contribution < -0.4 is 5.56 Å². The highest BCUT2D eigenvalue weighted by atomic mass is 32.2. The van der Waals surface area contributed by atoms with Crippen LogP contribution in [0.4, 0.5) is 4.39 Å². The SMILES string of the molecule is O=C(O)c1ccc(Sc2nccc(=O)[nH]2)c(F)c1. The average Bonchev–Trinajstić information content (AvgIpc) is 2.31. The summed E-state index contributed by atoms with van der Waals surface area (Å²) in [5, 5.41) is 8.93. The van der Waals surface area contributed by atoms with E-state index in [9.17, 15) is 14.0 Å². The fourth-order valence-corrected chi connectivity index (χ4v) is 1.99. The standard InChI is InChI=1S/C11H7FN2O3S/c12-7-5-6(10(16)17)1-2-8(7)18-11-13-4-3-9(15)14-11/h1-5H,(H,16,17)(H,13,14,15). The summed E-state index contributed by atoms with van der Waals surface area (Å²) >= 11 is 0.914. The zero-order valence-corrected chi connectivity index (χ0v) is 9.70. The Morgan fingerprint density at radius 1 is 1.39 bits per heavy atom. The molecule has 0 atom stereocenters. The minimum Gasteiger partial charge on any atom is -0.478 e. The molecule has 2 N–H and O–H groups in total. The molecule has 0 spiro atoms. The third-order valence-corrected chi connectivity index (χ3v) is 2.99. The van der Waals surface area contributed by atoms with Crippen molar-refractivity contribution in [1.29, 1.82) is 0 Å². The molecule has 1 aromatic carbocycles. The Balaban J connectivity index is 2.30. The average molecular weight is 266 g/mol. The Kier molecular flexibility index (Phi) is 3.42. The third kappa shape index (κ3) is 2.75. The number of carboxylic acids is 1. The largest absolute Gasteiger partial charge is 0.478 e. The van der Waals surface area contributed by atoms with Crippen LogP contribution in [0.2, 0.25) is 0 Å². The molecule has 0 fully saturated rings. The fraction of sp³-hybridized carbons (Fsp3) is 0. The molecule has 2 rings (SSSR count). The summed E-state index contributed by atoms with van der Waals surface area (Å²) in [6.45, 7) is 0. The first-order chi connectivity index (χ1) is 8.56. The van der Waals surface area contributed by atoms with Crippen LogP contribution in [-0.2, 0) is 0 Å². The van der Waals surface area contributed by atoms with Crippen molar-refractivity contribution >= 4 is 17.7 Å². The van der Waals surface area contributed by atoms with Gasteiger partial charge in [0.25, 0.3) is 5.56 Å². The molecule has 0 saturated heterocycles. The van der Waals surface area contributed by atoms with Gasteiger partial charge >= 0.3 is 5.97 Å². The highest BCUT2D eigenvalue weighted by Gasteiger charge is 2.10. The summed E-state index contributed by atoms with van der Waals surface area (Å²) in [4.78, 5) is 28.1. The molecule has 92 valence electrons. The molecule has 0 radical (unpaired) electrons. The van der Waals surface area contributed by atoms with E-state index in [-0.39, 0.29) is 21.2 Å².